The molecule has 0 aliphatic rings. The SMILES string of the molecule is CCOc1cc(CNC(C)CCS(C)=O)ccc1OC. The fraction of sp³-hybridized carbons (Fsp3) is 0.600. The van der Waals surface area contributed by atoms with Gasteiger partial charge in [-0.1, -0.05) is 6.07 Å². The van der Waals surface area contributed by atoms with Crippen LogP contribution in [0, 0.1) is 0 Å². The minimum atomic E-state index is -0.721. The lowest BCUT2D eigenvalue weighted by Gasteiger charge is -2.15. The highest BCUT2D eigenvalue weighted by Crippen LogP contribution is 2.28. The topological polar surface area (TPSA) is 47.6 Å². The molecule has 4 nitrogen and oxygen atoms in total. The summed E-state index contributed by atoms with van der Waals surface area (Å²) in [6.07, 6.45) is 2.65. The van der Waals surface area contributed by atoms with E-state index in [1.165, 1.54) is 0 Å². The first kappa shape index (κ1) is 17.0. The molecule has 0 aromatic heterocycles. The third-order valence-corrected chi connectivity index (χ3v) is 3.83. The zero-order valence-electron chi connectivity index (χ0n) is 12.8. The molecule has 0 radical (unpaired) electrons. The van der Waals surface area contributed by atoms with Crippen molar-refractivity contribution in [3.8, 4) is 11.5 Å². The maximum Gasteiger partial charge on any atom is 0.161 e. The van der Waals surface area contributed by atoms with Crippen molar-refractivity contribution >= 4 is 10.8 Å². The number of benzene rings is 1. The zero-order valence-corrected chi connectivity index (χ0v) is 13.6. The Morgan fingerprint density at radius 2 is 2.10 bits per heavy atom. The van der Waals surface area contributed by atoms with Gasteiger partial charge in [-0.3, -0.25) is 4.21 Å². The van der Waals surface area contributed by atoms with Gasteiger partial charge in [0.2, 0.25) is 0 Å². The summed E-state index contributed by atoms with van der Waals surface area (Å²) in [7, 11) is 0.920. The molecule has 0 fully saturated rings. The maximum absolute atomic E-state index is 11.1. The van der Waals surface area contributed by atoms with Crippen LogP contribution in [0.2, 0.25) is 0 Å². The van der Waals surface area contributed by atoms with Crippen LogP contribution in [0.25, 0.3) is 0 Å². The van der Waals surface area contributed by atoms with Gasteiger partial charge in [0, 0.05) is 35.4 Å². The van der Waals surface area contributed by atoms with Gasteiger partial charge >= 0.3 is 0 Å². The van der Waals surface area contributed by atoms with Crippen molar-refractivity contribution in [2.24, 2.45) is 0 Å². The molecule has 1 aromatic rings. The Hall–Kier alpha value is -1.07. The summed E-state index contributed by atoms with van der Waals surface area (Å²) in [5.41, 5.74) is 1.15. The lowest BCUT2D eigenvalue weighted by molar-refractivity contribution is 0.310. The first-order chi connectivity index (χ1) is 9.56. The molecular formula is C15H25NO3S. The molecule has 0 saturated carbocycles. The first-order valence-corrected chi connectivity index (χ1v) is 8.62. The molecule has 0 aliphatic heterocycles. The van der Waals surface area contributed by atoms with Crippen molar-refractivity contribution in [3.05, 3.63) is 23.8 Å². The van der Waals surface area contributed by atoms with Crippen molar-refractivity contribution in [2.45, 2.75) is 32.9 Å². The van der Waals surface area contributed by atoms with E-state index in [1.54, 1.807) is 13.4 Å². The number of hydrogen-bond acceptors (Lipinski definition) is 4. The van der Waals surface area contributed by atoms with E-state index < -0.39 is 10.8 Å². The molecule has 5 heteroatoms. The highest BCUT2D eigenvalue weighted by molar-refractivity contribution is 7.84. The Bertz CT molecular complexity index is 437. The van der Waals surface area contributed by atoms with Gasteiger partial charge in [-0.15, -0.1) is 0 Å². The molecule has 1 aromatic carbocycles. The van der Waals surface area contributed by atoms with Gasteiger partial charge in [-0.25, -0.2) is 0 Å². The van der Waals surface area contributed by atoms with Crippen LogP contribution in [0.1, 0.15) is 25.8 Å². The second kappa shape index (κ2) is 8.97. The molecule has 1 N–H and O–H groups in total. The van der Waals surface area contributed by atoms with Gasteiger partial charge in [-0.2, -0.15) is 0 Å². The molecule has 20 heavy (non-hydrogen) atoms. The van der Waals surface area contributed by atoms with Crippen LogP contribution in [0.15, 0.2) is 18.2 Å². The van der Waals surface area contributed by atoms with Gasteiger partial charge in [0.1, 0.15) is 0 Å². The zero-order chi connectivity index (χ0) is 15.0. The molecular weight excluding hydrogens is 274 g/mol. The van der Waals surface area contributed by atoms with Crippen molar-refractivity contribution in [1.82, 2.24) is 5.32 Å². The molecule has 0 aliphatic carbocycles. The van der Waals surface area contributed by atoms with Gasteiger partial charge in [0.15, 0.2) is 11.5 Å². The van der Waals surface area contributed by atoms with E-state index in [4.69, 9.17) is 9.47 Å². The predicted octanol–water partition coefficient (Wildman–Crippen LogP) is 2.34. The number of rotatable bonds is 9. The number of nitrogens with one attached hydrogen (secondary N) is 1. The lowest BCUT2D eigenvalue weighted by atomic mass is 10.1. The van der Waals surface area contributed by atoms with Crippen LogP contribution >= 0.6 is 0 Å². The molecule has 0 amide bonds. The van der Waals surface area contributed by atoms with E-state index in [0.29, 0.717) is 12.6 Å². The minimum absolute atomic E-state index is 0.344. The summed E-state index contributed by atoms with van der Waals surface area (Å²) in [5.74, 6) is 2.27. The predicted molar refractivity (Wildman–Crippen MR) is 84.0 cm³/mol. The fourth-order valence-electron chi connectivity index (χ4n) is 1.84. The van der Waals surface area contributed by atoms with E-state index in [0.717, 1.165) is 35.8 Å². The molecule has 0 bridgehead atoms. The van der Waals surface area contributed by atoms with E-state index in [2.05, 4.69) is 12.2 Å². The summed E-state index contributed by atoms with van der Waals surface area (Å²) in [6, 6.07) is 6.30. The van der Waals surface area contributed by atoms with Crippen molar-refractivity contribution < 1.29 is 13.7 Å². The summed E-state index contributed by atoms with van der Waals surface area (Å²) in [5, 5.41) is 3.43. The molecule has 2 atom stereocenters. The third kappa shape index (κ3) is 5.92. The Morgan fingerprint density at radius 1 is 1.35 bits per heavy atom. The fourth-order valence-corrected chi connectivity index (χ4v) is 2.52. The van der Waals surface area contributed by atoms with Gasteiger partial charge < -0.3 is 14.8 Å². The molecule has 0 saturated heterocycles. The van der Waals surface area contributed by atoms with Crippen molar-refractivity contribution in [2.75, 3.05) is 25.7 Å². The highest BCUT2D eigenvalue weighted by Gasteiger charge is 2.07. The molecule has 1 rings (SSSR count). The largest absolute Gasteiger partial charge is 0.493 e. The van der Waals surface area contributed by atoms with Crippen molar-refractivity contribution in [1.29, 1.82) is 0 Å². The van der Waals surface area contributed by atoms with E-state index in [1.807, 2.05) is 25.1 Å². The number of methoxy groups -OCH3 is 1. The van der Waals surface area contributed by atoms with Gasteiger partial charge in [-0.05, 0) is 38.0 Å². The summed E-state index contributed by atoms with van der Waals surface area (Å²) in [6.45, 7) is 5.45. The Balaban J connectivity index is 2.55. The van der Waals surface area contributed by atoms with Crippen LogP contribution in [-0.2, 0) is 17.3 Å². The second-order valence-corrected chi connectivity index (χ2v) is 6.32. The summed E-state index contributed by atoms with van der Waals surface area (Å²) >= 11 is 0. The highest BCUT2D eigenvalue weighted by atomic mass is 32.2. The average molecular weight is 299 g/mol. The average Bonchev–Trinajstić information content (AvgIpc) is 2.43. The quantitative estimate of drug-likeness (QED) is 0.760. The number of hydrogen-bond donors (Lipinski definition) is 1. The maximum atomic E-state index is 11.1. The summed E-state index contributed by atoms with van der Waals surface area (Å²) in [4.78, 5) is 0. The smallest absolute Gasteiger partial charge is 0.161 e. The normalized spacial score (nSPS) is 13.8. The summed E-state index contributed by atoms with van der Waals surface area (Å²) < 4.78 is 21.9. The van der Waals surface area contributed by atoms with E-state index >= 15 is 0 Å². The monoisotopic (exact) mass is 299 g/mol. The molecule has 0 heterocycles. The van der Waals surface area contributed by atoms with Gasteiger partial charge in [0.25, 0.3) is 0 Å². The van der Waals surface area contributed by atoms with Crippen LogP contribution < -0.4 is 14.8 Å². The van der Waals surface area contributed by atoms with Crippen LogP contribution in [0.4, 0.5) is 0 Å². The third-order valence-electron chi connectivity index (χ3n) is 3.02. The van der Waals surface area contributed by atoms with Crippen molar-refractivity contribution in [3.63, 3.8) is 0 Å². The van der Waals surface area contributed by atoms with Crippen LogP contribution in [0.5, 0.6) is 11.5 Å². The standard InChI is InChI=1S/C15H25NO3S/c1-5-19-15-10-13(6-7-14(15)18-3)11-16-12(2)8-9-20(4)17/h6-7,10,12,16H,5,8-9,11H2,1-4H3. The van der Waals surface area contributed by atoms with Gasteiger partial charge in [0.05, 0.1) is 13.7 Å². The second-order valence-electron chi connectivity index (χ2n) is 4.77. The first-order valence-electron chi connectivity index (χ1n) is 6.90. The lowest BCUT2D eigenvalue weighted by Crippen LogP contribution is -2.27. The number of ether oxygens (including phenoxy) is 2. The van der Waals surface area contributed by atoms with E-state index in [9.17, 15) is 4.21 Å². The van der Waals surface area contributed by atoms with Crippen LogP contribution in [-0.4, -0.2) is 36.0 Å². The van der Waals surface area contributed by atoms with Crippen LogP contribution in [0.3, 0.4) is 0 Å². The molecule has 114 valence electrons. The molecule has 0 spiro atoms. The minimum Gasteiger partial charge on any atom is -0.493 e. The Morgan fingerprint density at radius 3 is 2.70 bits per heavy atom. The van der Waals surface area contributed by atoms with E-state index in [-0.39, 0.29) is 0 Å². The Labute approximate surface area is 124 Å². The molecule has 2 unspecified atom stereocenters. The Kier molecular flexibility index (Phi) is 7.62.